The highest BCUT2D eigenvalue weighted by atomic mass is 127. The first kappa shape index (κ1) is 11.5. The number of hydrogen-bond donors (Lipinski definition) is 1. The Morgan fingerprint density at radius 2 is 2.42 bits per heavy atom. The first-order valence-corrected chi connectivity index (χ1v) is 3.49. The third kappa shape index (κ3) is 4.42. The zero-order valence-corrected chi connectivity index (χ0v) is 9.28. The van der Waals surface area contributed by atoms with Gasteiger partial charge in [-0.05, 0) is 6.92 Å². The molecule has 1 rings (SSSR count). The van der Waals surface area contributed by atoms with E-state index in [1.54, 1.807) is 13.2 Å². The molecule has 0 atom stereocenters. The highest BCUT2D eigenvalue weighted by Gasteiger charge is 2.02. The summed E-state index contributed by atoms with van der Waals surface area (Å²) >= 11 is 0. The molecule has 1 aliphatic rings. The molecule has 4 nitrogen and oxygen atoms in total. The van der Waals surface area contributed by atoms with Gasteiger partial charge in [0.1, 0.15) is 26.0 Å². The Morgan fingerprint density at radius 1 is 1.67 bits per heavy atom. The molecule has 12 heavy (non-hydrogen) atoms. The Bertz CT molecular complexity index is 188. The molecule has 0 spiro atoms. The van der Waals surface area contributed by atoms with E-state index in [1.807, 2.05) is 0 Å². The predicted octanol–water partition coefficient (Wildman–Crippen LogP) is 0.870. The lowest BCUT2D eigenvalue weighted by Gasteiger charge is -2.13. The fraction of sp³-hybridized carbons (Fsp3) is 0.571. The molecule has 0 aliphatic carbocycles. The Morgan fingerprint density at radius 3 is 2.92 bits per heavy atom. The van der Waals surface area contributed by atoms with Gasteiger partial charge in [-0.15, -0.1) is 24.0 Å². The standard InChI is InChI=1S/C7H12N2O2.HI/c1-6(8)9-4-7-5-10-2-3-11-7;/h5H,2-4H2,1H3,(H2,8,9);1H. The number of rotatable bonds is 2. The molecule has 70 valence electrons. The summed E-state index contributed by atoms with van der Waals surface area (Å²) in [6.07, 6.45) is 1.58. The third-order valence-corrected chi connectivity index (χ3v) is 1.19. The van der Waals surface area contributed by atoms with Gasteiger partial charge in [0.2, 0.25) is 0 Å². The van der Waals surface area contributed by atoms with E-state index in [4.69, 9.17) is 15.2 Å². The Kier molecular flexibility index (Phi) is 5.87. The van der Waals surface area contributed by atoms with Crippen molar-refractivity contribution in [1.29, 1.82) is 0 Å². The molecular weight excluding hydrogens is 271 g/mol. The largest absolute Gasteiger partial charge is 0.494 e. The van der Waals surface area contributed by atoms with Crippen molar-refractivity contribution in [2.75, 3.05) is 19.8 Å². The van der Waals surface area contributed by atoms with Crippen LogP contribution < -0.4 is 5.73 Å². The van der Waals surface area contributed by atoms with Gasteiger partial charge in [0.05, 0.1) is 5.84 Å². The van der Waals surface area contributed by atoms with Crippen LogP contribution in [0.15, 0.2) is 17.0 Å². The highest BCUT2D eigenvalue weighted by molar-refractivity contribution is 14.0. The van der Waals surface area contributed by atoms with Crippen molar-refractivity contribution in [3.05, 3.63) is 12.0 Å². The predicted molar refractivity (Wildman–Crippen MR) is 57.6 cm³/mol. The monoisotopic (exact) mass is 284 g/mol. The van der Waals surface area contributed by atoms with Crippen LogP contribution in [-0.4, -0.2) is 25.6 Å². The maximum absolute atomic E-state index is 5.34. The van der Waals surface area contributed by atoms with Gasteiger partial charge in [-0.25, -0.2) is 0 Å². The number of ether oxygens (including phenoxy) is 2. The summed E-state index contributed by atoms with van der Waals surface area (Å²) in [4.78, 5) is 3.97. The van der Waals surface area contributed by atoms with Gasteiger partial charge in [0, 0.05) is 0 Å². The molecule has 1 aliphatic heterocycles. The highest BCUT2D eigenvalue weighted by Crippen LogP contribution is 2.03. The average Bonchev–Trinajstić information content (AvgIpc) is 2.03. The summed E-state index contributed by atoms with van der Waals surface area (Å²) in [5.74, 6) is 1.29. The van der Waals surface area contributed by atoms with E-state index < -0.39 is 0 Å². The van der Waals surface area contributed by atoms with Crippen LogP contribution in [0.1, 0.15) is 6.92 Å². The second-order valence-corrected chi connectivity index (χ2v) is 2.26. The minimum absolute atomic E-state index is 0. The van der Waals surface area contributed by atoms with Crippen molar-refractivity contribution in [3.63, 3.8) is 0 Å². The van der Waals surface area contributed by atoms with Gasteiger partial charge >= 0.3 is 0 Å². The lowest BCUT2D eigenvalue weighted by molar-refractivity contribution is 0.0834. The summed E-state index contributed by atoms with van der Waals surface area (Å²) in [7, 11) is 0. The second-order valence-electron chi connectivity index (χ2n) is 2.26. The van der Waals surface area contributed by atoms with Gasteiger partial charge < -0.3 is 15.2 Å². The van der Waals surface area contributed by atoms with Crippen LogP contribution >= 0.6 is 24.0 Å². The van der Waals surface area contributed by atoms with Gasteiger partial charge in [-0.2, -0.15) is 0 Å². The molecule has 1 heterocycles. The first-order chi connectivity index (χ1) is 5.29. The molecule has 0 bridgehead atoms. The molecule has 5 heteroatoms. The van der Waals surface area contributed by atoms with E-state index in [-0.39, 0.29) is 24.0 Å². The molecule has 0 aromatic rings. The second kappa shape index (κ2) is 6.10. The summed E-state index contributed by atoms with van der Waals surface area (Å²) in [6.45, 7) is 3.44. The Balaban J connectivity index is 0.00000121. The SMILES string of the molecule is CC(N)=NCC1=COCCO1.I. The van der Waals surface area contributed by atoms with Crippen LogP contribution in [0.2, 0.25) is 0 Å². The molecule has 0 saturated heterocycles. The van der Waals surface area contributed by atoms with Crippen LogP contribution in [0.5, 0.6) is 0 Å². The maximum Gasteiger partial charge on any atom is 0.152 e. The molecule has 0 amide bonds. The number of amidine groups is 1. The molecule has 0 aromatic heterocycles. The van der Waals surface area contributed by atoms with Crippen LogP contribution in [0.3, 0.4) is 0 Å². The van der Waals surface area contributed by atoms with Gasteiger partial charge in [0.15, 0.2) is 5.76 Å². The van der Waals surface area contributed by atoms with Crippen molar-refractivity contribution in [3.8, 4) is 0 Å². The molecule has 0 unspecified atom stereocenters. The van der Waals surface area contributed by atoms with Crippen molar-refractivity contribution >= 4 is 29.8 Å². The lowest BCUT2D eigenvalue weighted by Crippen LogP contribution is -2.12. The summed E-state index contributed by atoms with van der Waals surface area (Å²) in [5.41, 5.74) is 5.34. The van der Waals surface area contributed by atoms with E-state index in [0.717, 1.165) is 5.76 Å². The smallest absolute Gasteiger partial charge is 0.152 e. The van der Waals surface area contributed by atoms with Crippen molar-refractivity contribution < 1.29 is 9.47 Å². The number of nitrogens with two attached hydrogens (primary N) is 1. The molecule has 2 N–H and O–H groups in total. The lowest BCUT2D eigenvalue weighted by atomic mass is 10.5. The summed E-state index contributed by atoms with van der Waals surface area (Å²) in [6, 6.07) is 0. The minimum Gasteiger partial charge on any atom is -0.494 e. The number of hydrogen-bond acceptors (Lipinski definition) is 3. The number of nitrogens with zero attached hydrogens (tertiary/aromatic N) is 1. The third-order valence-electron chi connectivity index (χ3n) is 1.19. The average molecular weight is 284 g/mol. The topological polar surface area (TPSA) is 56.8 Å². The fourth-order valence-corrected chi connectivity index (χ4v) is 0.692. The van der Waals surface area contributed by atoms with Crippen LogP contribution in [-0.2, 0) is 9.47 Å². The quantitative estimate of drug-likeness (QED) is 0.465. The van der Waals surface area contributed by atoms with Gasteiger partial charge in [-0.1, -0.05) is 0 Å². The van der Waals surface area contributed by atoms with Crippen LogP contribution in [0.25, 0.3) is 0 Å². The Labute approximate surface area is 88.8 Å². The number of halogens is 1. The molecule has 0 saturated carbocycles. The molecule has 0 aromatic carbocycles. The van der Waals surface area contributed by atoms with E-state index in [0.29, 0.717) is 25.6 Å². The molecular formula is C7H13IN2O2. The van der Waals surface area contributed by atoms with Crippen molar-refractivity contribution in [2.24, 2.45) is 10.7 Å². The fourth-order valence-electron chi connectivity index (χ4n) is 0.692. The maximum atomic E-state index is 5.34. The van der Waals surface area contributed by atoms with Crippen molar-refractivity contribution in [1.82, 2.24) is 0 Å². The van der Waals surface area contributed by atoms with Crippen LogP contribution in [0, 0.1) is 0 Å². The van der Waals surface area contributed by atoms with E-state index >= 15 is 0 Å². The zero-order chi connectivity index (χ0) is 8.10. The van der Waals surface area contributed by atoms with E-state index in [1.165, 1.54) is 0 Å². The van der Waals surface area contributed by atoms with Gasteiger partial charge in [0.25, 0.3) is 0 Å². The van der Waals surface area contributed by atoms with E-state index in [9.17, 15) is 0 Å². The van der Waals surface area contributed by atoms with E-state index in [2.05, 4.69) is 4.99 Å². The summed E-state index contributed by atoms with van der Waals surface area (Å²) in [5, 5.41) is 0. The van der Waals surface area contributed by atoms with Crippen molar-refractivity contribution in [2.45, 2.75) is 6.92 Å². The molecule has 0 fully saturated rings. The first-order valence-electron chi connectivity index (χ1n) is 3.49. The number of aliphatic imine (C=N–C) groups is 1. The summed E-state index contributed by atoms with van der Waals surface area (Å²) < 4.78 is 10.2. The van der Waals surface area contributed by atoms with Crippen LogP contribution in [0.4, 0.5) is 0 Å². The normalized spacial score (nSPS) is 16.8. The van der Waals surface area contributed by atoms with Gasteiger partial charge in [-0.3, -0.25) is 4.99 Å². The Hall–Kier alpha value is -0.460. The zero-order valence-electron chi connectivity index (χ0n) is 6.95. The molecule has 0 radical (unpaired) electrons. The minimum atomic E-state index is 0.